The number of halogens is 1. The van der Waals surface area contributed by atoms with E-state index < -0.39 is 0 Å². The minimum Gasteiger partial charge on any atom is -0.307 e. The van der Waals surface area contributed by atoms with E-state index >= 15 is 0 Å². The van der Waals surface area contributed by atoms with Gasteiger partial charge in [-0.25, -0.2) is 9.97 Å². The van der Waals surface area contributed by atoms with E-state index in [9.17, 15) is 4.79 Å². The van der Waals surface area contributed by atoms with Gasteiger partial charge in [-0.05, 0) is 35.9 Å². The van der Waals surface area contributed by atoms with E-state index in [1.54, 1.807) is 18.2 Å². The molecule has 3 rings (SSSR count). The standard InChI is InChI=1S/C17H12ClN3O/c18-14-9-7-13-8-10-15(21-17(13)19-14)20-16(22)11-6-12-4-2-1-3-5-12/h1-11H,(H,19,20,21,22). The summed E-state index contributed by atoms with van der Waals surface area (Å²) in [4.78, 5) is 20.3. The number of fused-ring (bicyclic) bond motifs is 1. The van der Waals surface area contributed by atoms with Crippen molar-refractivity contribution in [2.24, 2.45) is 0 Å². The number of nitrogens with one attached hydrogen (secondary N) is 1. The Balaban J connectivity index is 1.75. The Kier molecular flexibility index (Phi) is 4.12. The van der Waals surface area contributed by atoms with E-state index in [2.05, 4.69) is 15.3 Å². The SMILES string of the molecule is O=C(C=Cc1ccccc1)Nc1ccc2ccc(Cl)nc2n1. The van der Waals surface area contributed by atoms with Crippen molar-refractivity contribution in [3.05, 3.63) is 71.4 Å². The molecule has 5 heteroatoms. The third-order valence-corrected chi connectivity index (χ3v) is 3.21. The van der Waals surface area contributed by atoms with E-state index in [0.29, 0.717) is 16.6 Å². The highest BCUT2D eigenvalue weighted by atomic mass is 35.5. The maximum Gasteiger partial charge on any atom is 0.249 e. The fourth-order valence-corrected chi connectivity index (χ4v) is 2.09. The molecular formula is C17H12ClN3O. The second kappa shape index (κ2) is 6.37. The molecule has 0 aliphatic rings. The Bertz CT molecular complexity index is 847. The van der Waals surface area contributed by atoms with Crippen LogP contribution in [0.25, 0.3) is 17.1 Å². The summed E-state index contributed by atoms with van der Waals surface area (Å²) in [5.74, 6) is 0.183. The molecular weight excluding hydrogens is 298 g/mol. The summed E-state index contributed by atoms with van der Waals surface area (Å²) in [6.07, 6.45) is 3.21. The second-order valence-electron chi connectivity index (χ2n) is 4.61. The van der Waals surface area contributed by atoms with E-state index in [4.69, 9.17) is 11.6 Å². The van der Waals surface area contributed by atoms with Crippen LogP contribution >= 0.6 is 11.6 Å². The maximum absolute atomic E-state index is 11.9. The molecule has 0 unspecified atom stereocenters. The topological polar surface area (TPSA) is 54.9 Å². The summed E-state index contributed by atoms with van der Waals surface area (Å²) < 4.78 is 0. The molecule has 0 saturated carbocycles. The quantitative estimate of drug-likeness (QED) is 0.589. The van der Waals surface area contributed by atoms with Crippen LogP contribution in [0.15, 0.2) is 60.7 Å². The van der Waals surface area contributed by atoms with Gasteiger partial charge in [0.25, 0.3) is 0 Å². The van der Waals surface area contributed by atoms with Crippen LogP contribution in [0.2, 0.25) is 5.15 Å². The summed E-state index contributed by atoms with van der Waals surface area (Å²) >= 11 is 5.84. The van der Waals surface area contributed by atoms with Gasteiger partial charge >= 0.3 is 0 Å². The molecule has 2 aromatic heterocycles. The summed E-state index contributed by atoms with van der Waals surface area (Å²) in [5.41, 5.74) is 1.45. The number of anilines is 1. The molecule has 1 aromatic carbocycles. The van der Waals surface area contributed by atoms with Crippen molar-refractivity contribution in [3.8, 4) is 0 Å². The summed E-state index contributed by atoms with van der Waals surface area (Å²) in [6.45, 7) is 0. The fourth-order valence-electron chi connectivity index (χ4n) is 1.95. The lowest BCUT2D eigenvalue weighted by molar-refractivity contribution is -0.111. The first-order valence-corrected chi connectivity index (χ1v) is 7.06. The van der Waals surface area contributed by atoms with Gasteiger partial charge in [-0.1, -0.05) is 41.9 Å². The number of hydrogen-bond acceptors (Lipinski definition) is 3. The third-order valence-electron chi connectivity index (χ3n) is 3.00. The highest BCUT2D eigenvalue weighted by molar-refractivity contribution is 6.29. The molecule has 1 amide bonds. The van der Waals surface area contributed by atoms with Gasteiger partial charge in [-0.2, -0.15) is 0 Å². The number of carbonyl (C=O) groups excluding carboxylic acids is 1. The zero-order chi connectivity index (χ0) is 15.4. The van der Waals surface area contributed by atoms with Gasteiger partial charge in [0, 0.05) is 11.5 Å². The average Bonchev–Trinajstić information content (AvgIpc) is 2.53. The molecule has 0 spiro atoms. The van der Waals surface area contributed by atoms with E-state index in [1.165, 1.54) is 6.08 Å². The van der Waals surface area contributed by atoms with Gasteiger partial charge in [-0.3, -0.25) is 4.79 Å². The van der Waals surface area contributed by atoms with Crippen molar-refractivity contribution in [2.75, 3.05) is 5.32 Å². The Hall–Kier alpha value is -2.72. The molecule has 22 heavy (non-hydrogen) atoms. The van der Waals surface area contributed by atoms with Crippen LogP contribution in [0, 0.1) is 0 Å². The highest BCUT2D eigenvalue weighted by Gasteiger charge is 2.03. The molecule has 0 aliphatic carbocycles. The Morgan fingerprint density at radius 1 is 1.00 bits per heavy atom. The number of amides is 1. The first-order chi connectivity index (χ1) is 10.7. The Labute approximate surface area is 132 Å². The molecule has 2 heterocycles. The molecule has 0 bridgehead atoms. The molecule has 0 aliphatic heterocycles. The van der Waals surface area contributed by atoms with Crippen LogP contribution < -0.4 is 5.32 Å². The maximum atomic E-state index is 11.9. The second-order valence-corrected chi connectivity index (χ2v) is 5.00. The van der Waals surface area contributed by atoms with Crippen molar-refractivity contribution in [1.29, 1.82) is 0 Å². The molecule has 0 saturated heterocycles. The van der Waals surface area contributed by atoms with Gasteiger partial charge in [0.2, 0.25) is 5.91 Å². The molecule has 4 nitrogen and oxygen atoms in total. The largest absolute Gasteiger partial charge is 0.307 e. The summed E-state index contributed by atoms with van der Waals surface area (Å²) in [5, 5.41) is 3.94. The number of pyridine rings is 2. The fraction of sp³-hybridized carbons (Fsp3) is 0. The van der Waals surface area contributed by atoms with Gasteiger partial charge in [0.05, 0.1) is 0 Å². The summed E-state index contributed by atoms with van der Waals surface area (Å²) in [7, 11) is 0. The van der Waals surface area contributed by atoms with Crippen LogP contribution in [-0.2, 0) is 4.79 Å². The normalized spacial score (nSPS) is 11.0. The molecule has 1 N–H and O–H groups in total. The number of rotatable bonds is 3. The smallest absolute Gasteiger partial charge is 0.249 e. The van der Waals surface area contributed by atoms with Crippen molar-refractivity contribution in [2.45, 2.75) is 0 Å². The molecule has 0 atom stereocenters. The van der Waals surface area contributed by atoms with E-state index in [-0.39, 0.29) is 5.91 Å². The molecule has 3 aromatic rings. The van der Waals surface area contributed by atoms with Crippen molar-refractivity contribution >= 4 is 40.4 Å². The van der Waals surface area contributed by atoms with E-state index in [0.717, 1.165) is 10.9 Å². The Morgan fingerprint density at radius 3 is 2.59 bits per heavy atom. The van der Waals surface area contributed by atoms with Crippen molar-refractivity contribution < 1.29 is 4.79 Å². The van der Waals surface area contributed by atoms with Crippen LogP contribution in [0.3, 0.4) is 0 Å². The van der Waals surface area contributed by atoms with E-state index in [1.807, 2.05) is 42.5 Å². The van der Waals surface area contributed by atoms with Crippen molar-refractivity contribution in [3.63, 3.8) is 0 Å². The monoisotopic (exact) mass is 309 g/mol. The molecule has 108 valence electrons. The highest BCUT2D eigenvalue weighted by Crippen LogP contribution is 2.16. The molecule has 0 radical (unpaired) electrons. The molecule has 0 fully saturated rings. The van der Waals surface area contributed by atoms with Crippen molar-refractivity contribution in [1.82, 2.24) is 9.97 Å². The summed E-state index contributed by atoms with van der Waals surface area (Å²) in [6, 6.07) is 16.7. The Morgan fingerprint density at radius 2 is 1.77 bits per heavy atom. The minimum atomic E-state index is -0.252. The predicted molar refractivity (Wildman–Crippen MR) is 88.7 cm³/mol. The lowest BCUT2D eigenvalue weighted by Gasteiger charge is -2.03. The van der Waals surface area contributed by atoms with Crippen LogP contribution in [0.4, 0.5) is 5.82 Å². The van der Waals surface area contributed by atoms with Gasteiger partial charge < -0.3 is 5.32 Å². The zero-order valence-electron chi connectivity index (χ0n) is 11.5. The van der Waals surface area contributed by atoms with Crippen LogP contribution in [-0.4, -0.2) is 15.9 Å². The first-order valence-electron chi connectivity index (χ1n) is 6.68. The lowest BCUT2D eigenvalue weighted by Crippen LogP contribution is -2.09. The predicted octanol–water partition coefficient (Wildman–Crippen LogP) is 3.94. The van der Waals surface area contributed by atoms with Crippen LogP contribution in [0.5, 0.6) is 0 Å². The minimum absolute atomic E-state index is 0.252. The van der Waals surface area contributed by atoms with Gasteiger partial charge in [-0.15, -0.1) is 0 Å². The number of carbonyl (C=O) groups is 1. The number of benzene rings is 1. The first kappa shape index (κ1) is 14.2. The third kappa shape index (κ3) is 3.48. The van der Waals surface area contributed by atoms with Gasteiger partial charge in [0.1, 0.15) is 11.0 Å². The van der Waals surface area contributed by atoms with Crippen LogP contribution in [0.1, 0.15) is 5.56 Å². The lowest BCUT2D eigenvalue weighted by atomic mass is 10.2. The number of aromatic nitrogens is 2. The number of hydrogen-bond donors (Lipinski definition) is 1. The zero-order valence-corrected chi connectivity index (χ0v) is 12.3. The average molecular weight is 310 g/mol. The number of nitrogens with zero attached hydrogens (tertiary/aromatic N) is 2. The van der Waals surface area contributed by atoms with Gasteiger partial charge in [0.15, 0.2) is 5.65 Å².